The van der Waals surface area contributed by atoms with Crippen molar-refractivity contribution in [1.29, 1.82) is 0 Å². The number of para-hydroxylation sites is 1. The van der Waals surface area contributed by atoms with E-state index in [1.165, 1.54) is 23.2 Å². The topological polar surface area (TPSA) is 44.3 Å². The lowest BCUT2D eigenvalue weighted by Gasteiger charge is -2.13. The molecular formula is C15H22N2O. The molecular weight excluding hydrogens is 224 g/mol. The highest BCUT2D eigenvalue weighted by molar-refractivity contribution is 5.61. The van der Waals surface area contributed by atoms with Crippen molar-refractivity contribution in [2.45, 2.75) is 38.3 Å². The minimum absolute atomic E-state index is 0.0561. The van der Waals surface area contributed by atoms with Crippen LogP contribution in [-0.4, -0.2) is 24.3 Å². The molecule has 3 N–H and O–H groups in total. The molecule has 1 saturated carbocycles. The first-order valence-electron chi connectivity index (χ1n) is 7.06. The first kappa shape index (κ1) is 12.0. The normalized spacial score (nSPS) is 26.1. The van der Waals surface area contributed by atoms with Gasteiger partial charge in [0, 0.05) is 18.8 Å². The standard InChI is InChI=1S/C15H22N2O/c18-14-5-4-11(8-14)9-16-10-13-3-1-2-12-6-7-17-15(12)13/h1-3,11,14,16-18H,4-10H2. The van der Waals surface area contributed by atoms with E-state index in [9.17, 15) is 5.11 Å². The summed E-state index contributed by atoms with van der Waals surface area (Å²) >= 11 is 0. The minimum Gasteiger partial charge on any atom is -0.393 e. The van der Waals surface area contributed by atoms with Gasteiger partial charge in [-0.1, -0.05) is 18.2 Å². The Balaban J connectivity index is 1.53. The number of fused-ring (bicyclic) bond motifs is 1. The molecule has 3 heteroatoms. The van der Waals surface area contributed by atoms with E-state index in [1.807, 2.05) is 0 Å². The van der Waals surface area contributed by atoms with Crippen molar-refractivity contribution in [3.8, 4) is 0 Å². The Hall–Kier alpha value is -1.06. The summed E-state index contributed by atoms with van der Waals surface area (Å²) in [7, 11) is 0. The van der Waals surface area contributed by atoms with Crippen LogP contribution in [0.4, 0.5) is 5.69 Å². The van der Waals surface area contributed by atoms with Gasteiger partial charge in [0.25, 0.3) is 0 Å². The summed E-state index contributed by atoms with van der Waals surface area (Å²) in [5.74, 6) is 0.657. The Morgan fingerprint density at radius 3 is 3.11 bits per heavy atom. The maximum Gasteiger partial charge on any atom is 0.0543 e. The number of anilines is 1. The van der Waals surface area contributed by atoms with Gasteiger partial charge in [0.15, 0.2) is 0 Å². The Kier molecular flexibility index (Phi) is 3.52. The molecule has 0 spiro atoms. The zero-order valence-electron chi connectivity index (χ0n) is 10.8. The van der Waals surface area contributed by atoms with Gasteiger partial charge >= 0.3 is 0 Å². The molecule has 3 rings (SSSR count). The van der Waals surface area contributed by atoms with Crippen LogP contribution in [0, 0.1) is 5.92 Å². The van der Waals surface area contributed by atoms with Gasteiger partial charge in [-0.15, -0.1) is 0 Å². The molecule has 1 aliphatic heterocycles. The van der Waals surface area contributed by atoms with Crippen molar-refractivity contribution >= 4 is 5.69 Å². The summed E-state index contributed by atoms with van der Waals surface area (Å²) in [6.07, 6.45) is 4.21. The third kappa shape index (κ3) is 2.52. The van der Waals surface area contributed by atoms with Crippen LogP contribution in [-0.2, 0) is 13.0 Å². The zero-order valence-corrected chi connectivity index (χ0v) is 10.8. The van der Waals surface area contributed by atoms with Crippen molar-refractivity contribution in [3.05, 3.63) is 29.3 Å². The van der Waals surface area contributed by atoms with Crippen molar-refractivity contribution in [2.24, 2.45) is 5.92 Å². The van der Waals surface area contributed by atoms with Gasteiger partial charge in [0.1, 0.15) is 0 Å². The molecule has 18 heavy (non-hydrogen) atoms. The second-order valence-corrected chi connectivity index (χ2v) is 5.59. The first-order valence-corrected chi connectivity index (χ1v) is 7.06. The maximum absolute atomic E-state index is 9.51. The van der Waals surface area contributed by atoms with E-state index in [4.69, 9.17) is 0 Å². The summed E-state index contributed by atoms with van der Waals surface area (Å²) < 4.78 is 0. The van der Waals surface area contributed by atoms with Crippen molar-refractivity contribution < 1.29 is 5.11 Å². The predicted molar refractivity (Wildman–Crippen MR) is 73.7 cm³/mol. The summed E-state index contributed by atoms with van der Waals surface area (Å²) in [6.45, 7) is 3.03. The molecule has 0 aromatic heterocycles. The van der Waals surface area contributed by atoms with Crippen LogP contribution in [0.25, 0.3) is 0 Å². The van der Waals surface area contributed by atoms with Crippen molar-refractivity contribution in [2.75, 3.05) is 18.4 Å². The quantitative estimate of drug-likeness (QED) is 0.760. The molecule has 98 valence electrons. The fourth-order valence-corrected chi connectivity index (χ4v) is 3.20. The Labute approximate surface area is 109 Å². The second kappa shape index (κ2) is 5.29. The molecule has 1 aromatic carbocycles. The van der Waals surface area contributed by atoms with Gasteiger partial charge in [-0.2, -0.15) is 0 Å². The van der Waals surface area contributed by atoms with E-state index >= 15 is 0 Å². The summed E-state index contributed by atoms with van der Waals surface area (Å²) in [5, 5.41) is 16.5. The number of rotatable bonds is 4. The van der Waals surface area contributed by atoms with Gasteiger partial charge in [0.05, 0.1) is 6.10 Å². The summed E-state index contributed by atoms with van der Waals surface area (Å²) in [6, 6.07) is 6.57. The van der Waals surface area contributed by atoms with Gasteiger partial charge < -0.3 is 15.7 Å². The molecule has 3 nitrogen and oxygen atoms in total. The fourth-order valence-electron chi connectivity index (χ4n) is 3.20. The van der Waals surface area contributed by atoms with Crippen molar-refractivity contribution in [1.82, 2.24) is 5.32 Å². The molecule has 1 aromatic rings. The smallest absolute Gasteiger partial charge is 0.0543 e. The number of hydrogen-bond acceptors (Lipinski definition) is 3. The Morgan fingerprint density at radius 1 is 1.33 bits per heavy atom. The monoisotopic (exact) mass is 246 g/mol. The maximum atomic E-state index is 9.51. The molecule has 0 radical (unpaired) electrons. The molecule has 1 aliphatic carbocycles. The lowest BCUT2D eigenvalue weighted by Crippen LogP contribution is -2.21. The van der Waals surface area contributed by atoms with E-state index in [0.717, 1.165) is 38.9 Å². The Bertz CT molecular complexity index is 419. The first-order chi connectivity index (χ1) is 8.83. The number of aliphatic hydroxyl groups excluding tert-OH is 1. The van der Waals surface area contributed by atoms with Gasteiger partial charge in [-0.05, 0) is 49.3 Å². The molecule has 2 atom stereocenters. The minimum atomic E-state index is -0.0561. The SMILES string of the molecule is OC1CCC(CNCc2cccc3c2NCC3)C1. The van der Waals surface area contributed by atoms with Gasteiger partial charge in [0.2, 0.25) is 0 Å². The predicted octanol–water partition coefficient (Wildman–Crippen LogP) is 1.91. The second-order valence-electron chi connectivity index (χ2n) is 5.59. The van der Waals surface area contributed by atoms with E-state index in [-0.39, 0.29) is 6.10 Å². The lowest BCUT2D eigenvalue weighted by molar-refractivity contribution is 0.177. The van der Waals surface area contributed by atoms with Crippen LogP contribution in [0.3, 0.4) is 0 Å². The summed E-state index contributed by atoms with van der Waals surface area (Å²) in [5.41, 5.74) is 4.17. The number of nitrogens with one attached hydrogen (secondary N) is 2. The van der Waals surface area contributed by atoms with Gasteiger partial charge in [-0.25, -0.2) is 0 Å². The van der Waals surface area contributed by atoms with E-state index in [2.05, 4.69) is 28.8 Å². The largest absolute Gasteiger partial charge is 0.393 e. The highest BCUT2D eigenvalue weighted by Gasteiger charge is 2.22. The lowest BCUT2D eigenvalue weighted by atomic mass is 10.1. The van der Waals surface area contributed by atoms with Crippen LogP contribution in [0.5, 0.6) is 0 Å². The fraction of sp³-hybridized carbons (Fsp3) is 0.600. The highest BCUT2D eigenvalue weighted by Crippen LogP contribution is 2.27. The third-order valence-corrected chi connectivity index (χ3v) is 4.20. The molecule has 2 unspecified atom stereocenters. The Morgan fingerprint density at radius 2 is 2.28 bits per heavy atom. The average Bonchev–Trinajstić information content (AvgIpc) is 2.98. The van der Waals surface area contributed by atoms with Gasteiger partial charge in [-0.3, -0.25) is 0 Å². The van der Waals surface area contributed by atoms with Crippen LogP contribution in [0.15, 0.2) is 18.2 Å². The van der Waals surface area contributed by atoms with E-state index in [1.54, 1.807) is 0 Å². The average molecular weight is 246 g/mol. The zero-order chi connectivity index (χ0) is 12.4. The number of aliphatic hydroxyl groups is 1. The van der Waals surface area contributed by atoms with Crippen LogP contribution >= 0.6 is 0 Å². The molecule has 0 bridgehead atoms. The van der Waals surface area contributed by atoms with E-state index < -0.39 is 0 Å². The molecule has 0 saturated heterocycles. The highest BCUT2D eigenvalue weighted by atomic mass is 16.3. The molecule has 0 amide bonds. The van der Waals surface area contributed by atoms with Crippen LogP contribution in [0.1, 0.15) is 30.4 Å². The number of benzene rings is 1. The molecule has 1 heterocycles. The van der Waals surface area contributed by atoms with Crippen molar-refractivity contribution in [3.63, 3.8) is 0 Å². The van der Waals surface area contributed by atoms with Crippen LogP contribution in [0.2, 0.25) is 0 Å². The van der Waals surface area contributed by atoms with E-state index in [0.29, 0.717) is 5.92 Å². The third-order valence-electron chi connectivity index (χ3n) is 4.20. The molecule has 1 fully saturated rings. The summed E-state index contributed by atoms with van der Waals surface area (Å²) in [4.78, 5) is 0. The number of hydrogen-bond donors (Lipinski definition) is 3. The molecule has 2 aliphatic rings. The van der Waals surface area contributed by atoms with Crippen LogP contribution < -0.4 is 10.6 Å².